The maximum Gasteiger partial charge on any atom is 0.252 e. The Morgan fingerprint density at radius 1 is 0.921 bits per heavy atom. The first kappa shape index (κ1) is 23.5. The van der Waals surface area contributed by atoms with Crippen molar-refractivity contribution in [3.8, 4) is 28.3 Å². The average Bonchev–Trinajstić information content (AvgIpc) is 3.40. The summed E-state index contributed by atoms with van der Waals surface area (Å²) in [6.07, 6.45) is 2.17. The Morgan fingerprint density at radius 2 is 1.71 bits per heavy atom. The third kappa shape index (κ3) is 4.30. The number of aromatic nitrogens is 3. The zero-order chi connectivity index (χ0) is 26.1. The number of benzene rings is 3. The van der Waals surface area contributed by atoms with E-state index in [2.05, 4.69) is 20.5 Å². The summed E-state index contributed by atoms with van der Waals surface area (Å²) >= 11 is 0. The molecule has 5 aromatic rings. The highest BCUT2D eigenvalue weighted by Crippen LogP contribution is 2.41. The number of pyridine rings is 1. The number of carbonyl (C=O) groups excluding carboxylic acids is 1. The van der Waals surface area contributed by atoms with Crippen molar-refractivity contribution in [2.45, 2.75) is 18.9 Å². The van der Waals surface area contributed by atoms with E-state index in [1.807, 2.05) is 54.6 Å². The average molecular weight is 507 g/mol. The summed E-state index contributed by atoms with van der Waals surface area (Å²) in [5.41, 5.74) is 3.73. The lowest BCUT2D eigenvalue weighted by atomic mass is 9.80. The first-order chi connectivity index (χ1) is 18.5. The van der Waals surface area contributed by atoms with E-state index < -0.39 is 11.4 Å². The Bertz CT molecular complexity index is 1620. The van der Waals surface area contributed by atoms with Gasteiger partial charge in [0.1, 0.15) is 22.8 Å². The molecule has 0 radical (unpaired) electrons. The number of hydrogen-bond donors (Lipinski definition) is 1. The summed E-state index contributed by atoms with van der Waals surface area (Å²) in [6.45, 7) is 2.16. The highest BCUT2D eigenvalue weighted by molar-refractivity contribution is 5.95. The van der Waals surface area contributed by atoms with E-state index in [-0.39, 0.29) is 5.91 Å². The molecule has 1 aliphatic rings. The zero-order valence-corrected chi connectivity index (χ0v) is 20.5. The lowest BCUT2D eigenvalue weighted by Crippen LogP contribution is -2.50. The van der Waals surface area contributed by atoms with Gasteiger partial charge < -0.3 is 14.5 Å². The molecule has 3 aromatic carbocycles. The molecule has 2 aromatic heterocycles. The number of nitrogens with zero attached hydrogens (tertiary/aromatic N) is 3. The fraction of sp³-hybridized carbons (Fsp3) is 0.133. The Labute approximate surface area is 218 Å². The minimum absolute atomic E-state index is 0.324. The topological polar surface area (TPSA) is 90.1 Å². The number of ether oxygens (including phenoxy) is 1. The SMILES string of the molecule is Cc1nnc(-c2cccc(-c3ccc(C4(NC(=O)c5ccc(F)cc5)CCOc5cccnc54)cc3)c2)o1. The second-order valence-corrected chi connectivity index (χ2v) is 9.10. The Hall–Kier alpha value is -4.85. The Morgan fingerprint density at radius 3 is 2.47 bits per heavy atom. The van der Waals surface area contributed by atoms with Crippen LogP contribution in [0.4, 0.5) is 4.39 Å². The van der Waals surface area contributed by atoms with E-state index in [0.717, 1.165) is 22.3 Å². The number of halogens is 1. The molecule has 188 valence electrons. The smallest absolute Gasteiger partial charge is 0.252 e. The van der Waals surface area contributed by atoms with Gasteiger partial charge in [-0.3, -0.25) is 9.78 Å². The third-order valence-corrected chi connectivity index (χ3v) is 6.69. The second kappa shape index (κ2) is 9.55. The van der Waals surface area contributed by atoms with Gasteiger partial charge in [-0.2, -0.15) is 0 Å². The molecule has 0 bridgehead atoms. The monoisotopic (exact) mass is 506 g/mol. The largest absolute Gasteiger partial charge is 0.491 e. The molecule has 7 nitrogen and oxygen atoms in total. The first-order valence-corrected chi connectivity index (χ1v) is 12.2. The summed E-state index contributed by atoms with van der Waals surface area (Å²) in [5, 5.41) is 11.2. The molecule has 0 fully saturated rings. The molecular weight excluding hydrogens is 483 g/mol. The second-order valence-electron chi connectivity index (χ2n) is 9.10. The molecule has 0 saturated heterocycles. The van der Waals surface area contributed by atoms with E-state index in [1.165, 1.54) is 24.3 Å². The van der Waals surface area contributed by atoms with E-state index in [0.29, 0.717) is 41.8 Å². The maximum absolute atomic E-state index is 13.5. The molecule has 1 unspecified atom stereocenters. The fourth-order valence-corrected chi connectivity index (χ4v) is 4.79. The van der Waals surface area contributed by atoms with Gasteiger partial charge in [-0.15, -0.1) is 10.2 Å². The molecule has 0 spiro atoms. The summed E-state index contributed by atoms with van der Waals surface area (Å²) in [4.78, 5) is 18.0. The van der Waals surface area contributed by atoms with Gasteiger partial charge in [-0.25, -0.2) is 4.39 Å². The minimum atomic E-state index is -0.929. The highest BCUT2D eigenvalue weighted by atomic mass is 19.1. The molecule has 8 heteroatoms. The molecule has 1 N–H and O–H groups in total. The standard InChI is InChI=1S/C30H23FN4O3/c1-19-34-35-29(38-19)23-5-2-4-22(18-23)20-7-11-24(12-8-20)30(15-17-37-26-6-3-16-32-27(26)30)33-28(36)21-9-13-25(31)14-10-21/h2-14,16,18H,15,17H2,1H3,(H,33,36). The highest BCUT2D eigenvalue weighted by Gasteiger charge is 2.42. The van der Waals surface area contributed by atoms with Crippen LogP contribution in [-0.2, 0) is 5.54 Å². The predicted molar refractivity (Wildman–Crippen MR) is 139 cm³/mol. The number of nitrogens with one attached hydrogen (secondary N) is 1. The molecule has 0 saturated carbocycles. The van der Waals surface area contributed by atoms with Crippen LogP contribution in [0.2, 0.25) is 0 Å². The normalized spacial score (nSPS) is 16.4. The van der Waals surface area contributed by atoms with Gasteiger partial charge in [0.2, 0.25) is 11.8 Å². The van der Waals surface area contributed by atoms with Crippen LogP contribution in [0.5, 0.6) is 5.75 Å². The number of amides is 1. The van der Waals surface area contributed by atoms with Gasteiger partial charge in [0, 0.05) is 30.7 Å². The predicted octanol–water partition coefficient (Wildman–Crippen LogP) is 5.70. The van der Waals surface area contributed by atoms with Crippen molar-refractivity contribution in [3.63, 3.8) is 0 Å². The van der Waals surface area contributed by atoms with Gasteiger partial charge in [0.15, 0.2) is 0 Å². The number of fused-ring (bicyclic) bond motifs is 1. The Balaban J connectivity index is 1.38. The number of aryl methyl sites for hydroxylation is 1. The van der Waals surface area contributed by atoms with Crippen LogP contribution in [0.25, 0.3) is 22.6 Å². The van der Waals surface area contributed by atoms with Crippen molar-refractivity contribution >= 4 is 5.91 Å². The minimum Gasteiger partial charge on any atom is -0.491 e. The van der Waals surface area contributed by atoms with Crippen molar-refractivity contribution in [1.82, 2.24) is 20.5 Å². The summed E-state index contributed by atoms with van der Waals surface area (Å²) < 4.78 is 24.9. The molecule has 3 heterocycles. The third-order valence-electron chi connectivity index (χ3n) is 6.69. The quantitative estimate of drug-likeness (QED) is 0.329. The van der Waals surface area contributed by atoms with Crippen LogP contribution >= 0.6 is 0 Å². The first-order valence-electron chi connectivity index (χ1n) is 12.2. The van der Waals surface area contributed by atoms with Crippen molar-refractivity contribution in [2.75, 3.05) is 6.61 Å². The van der Waals surface area contributed by atoms with Gasteiger partial charge in [0.05, 0.1) is 6.61 Å². The number of carbonyl (C=O) groups is 1. The molecular formula is C30H23FN4O3. The van der Waals surface area contributed by atoms with Crippen molar-refractivity contribution in [1.29, 1.82) is 0 Å². The van der Waals surface area contributed by atoms with E-state index in [1.54, 1.807) is 19.2 Å². The maximum atomic E-state index is 13.5. The molecule has 1 aliphatic heterocycles. The van der Waals surface area contributed by atoms with Crippen LogP contribution in [-0.4, -0.2) is 27.7 Å². The van der Waals surface area contributed by atoms with Crippen molar-refractivity contribution in [2.24, 2.45) is 0 Å². The number of hydrogen-bond acceptors (Lipinski definition) is 6. The number of rotatable bonds is 5. The molecule has 6 rings (SSSR count). The van der Waals surface area contributed by atoms with Crippen LogP contribution in [0.3, 0.4) is 0 Å². The lowest BCUT2D eigenvalue weighted by molar-refractivity contribution is 0.0883. The van der Waals surface area contributed by atoms with Crippen LogP contribution in [0, 0.1) is 12.7 Å². The molecule has 0 aliphatic carbocycles. The Kier molecular flexibility index (Phi) is 5.92. The van der Waals surface area contributed by atoms with Crippen molar-refractivity contribution < 1.29 is 18.3 Å². The van der Waals surface area contributed by atoms with E-state index >= 15 is 0 Å². The van der Waals surface area contributed by atoms with Crippen LogP contribution < -0.4 is 10.1 Å². The molecule has 1 atom stereocenters. The van der Waals surface area contributed by atoms with E-state index in [9.17, 15) is 9.18 Å². The van der Waals surface area contributed by atoms with Gasteiger partial charge in [-0.05, 0) is 65.2 Å². The van der Waals surface area contributed by atoms with E-state index in [4.69, 9.17) is 9.15 Å². The van der Waals surface area contributed by atoms with Gasteiger partial charge in [-0.1, -0.05) is 36.4 Å². The molecule has 38 heavy (non-hydrogen) atoms. The lowest BCUT2D eigenvalue weighted by Gasteiger charge is -2.39. The van der Waals surface area contributed by atoms with Crippen molar-refractivity contribution in [3.05, 3.63) is 120 Å². The van der Waals surface area contributed by atoms with Crippen LogP contribution in [0.15, 0.2) is 95.5 Å². The van der Waals surface area contributed by atoms with Gasteiger partial charge >= 0.3 is 0 Å². The zero-order valence-electron chi connectivity index (χ0n) is 20.5. The summed E-state index contributed by atoms with van der Waals surface area (Å²) in [7, 11) is 0. The fourth-order valence-electron chi connectivity index (χ4n) is 4.79. The van der Waals surface area contributed by atoms with Gasteiger partial charge in [0.25, 0.3) is 5.91 Å². The molecule has 1 amide bonds. The summed E-state index contributed by atoms with van der Waals surface area (Å²) in [5.74, 6) is 0.865. The van der Waals surface area contributed by atoms with Crippen LogP contribution in [0.1, 0.15) is 33.9 Å². The summed E-state index contributed by atoms with van der Waals surface area (Å²) in [6, 6.07) is 25.0.